The first-order valence-corrected chi connectivity index (χ1v) is 12.5. The Morgan fingerprint density at radius 1 is 1.16 bits per heavy atom. The number of carbonyl (C=O) groups is 1. The molecule has 31 heavy (non-hydrogen) atoms. The number of hydrogen-bond acceptors (Lipinski definition) is 4. The van der Waals surface area contributed by atoms with Gasteiger partial charge in [0, 0.05) is 29.8 Å². The summed E-state index contributed by atoms with van der Waals surface area (Å²) < 4.78 is 24.3. The zero-order chi connectivity index (χ0) is 22.2. The lowest BCUT2D eigenvalue weighted by atomic mass is 9.51. The van der Waals surface area contributed by atoms with E-state index in [-0.39, 0.29) is 22.8 Å². The molecule has 2 heterocycles. The van der Waals surface area contributed by atoms with Gasteiger partial charge in [-0.15, -0.1) is 0 Å². The smallest absolute Gasteiger partial charge is 0.254 e. The van der Waals surface area contributed by atoms with E-state index < -0.39 is 9.84 Å². The molecule has 1 unspecified atom stereocenters. The summed E-state index contributed by atoms with van der Waals surface area (Å²) in [6.45, 7) is 7.30. The first kappa shape index (κ1) is 20.2. The van der Waals surface area contributed by atoms with E-state index in [9.17, 15) is 13.2 Å². The molecule has 1 fully saturated rings. The molecule has 7 heteroatoms. The first-order chi connectivity index (χ1) is 14.5. The normalized spacial score (nSPS) is 24.8. The van der Waals surface area contributed by atoms with Crippen LogP contribution in [0.2, 0.25) is 0 Å². The van der Waals surface area contributed by atoms with Crippen molar-refractivity contribution < 1.29 is 13.2 Å². The predicted molar refractivity (Wildman–Crippen MR) is 120 cm³/mol. The zero-order valence-electron chi connectivity index (χ0n) is 18.3. The van der Waals surface area contributed by atoms with Crippen molar-refractivity contribution in [1.29, 1.82) is 0 Å². The van der Waals surface area contributed by atoms with E-state index in [1.807, 2.05) is 35.2 Å². The highest BCUT2D eigenvalue weighted by Gasteiger charge is 2.57. The molecule has 2 aliphatic rings. The number of nitrogens with one attached hydrogen (secondary N) is 1. The SMILES string of the molecule is CC1(C)C2Cc3ccc(S(C)(=O)=O)cc3[C@]1(C)CCN2C(=O)c1ccc2nc[nH]c2c1. The van der Waals surface area contributed by atoms with Gasteiger partial charge in [-0.1, -0.05) is 26.8 Å². The van der Waals surface area contributed by atoms with E-state index in [0.29, 0.717) is 17.0 Å². The maximum atomic E-state index is 13.6. The summed E-state index contributed by atoms with van der Waals surface area (Å²) >= 11 is 0. The number of H-pyrrole nitrogens is 1. The summed E-state index contributed by atoms with van der Waals surface area (Å²) in [6.07, 6.45) is 4.40. The highest BCUT2D eigenvalue weighted by Crippen LogP contribution is 2.56. The highest BCUT2D eigenvalue weighted by molar-refractivity contribution is 7.90. The van der Waals surface area contributed by atoms with Crippen LogP contribution in [-0.4, -0.2) is 48.0 Å². The number of nitrogens with zero attached hydrogens (tertiary/aromatic N) is 2. The fourth-order valence-corrected chi connectivity index (χ4v) is 6.24. The van der Waals surface area contributed by atoms with Crippen LogP contribution in [0.15, 0.2) is 47.6 Å². The van der Waals surface area contributed by atoms with Gasteiger partial charge in [0.25, 0.3) is 5.91 Å². The molecule has 2 atom stereocenters. The summed E-state index contributed by atoms with van der Waals surface area (Å²) in [5.41, 5.74) is 4.20. The predicted octanol–water partition coefficient (Wildman–Crippen LogP) is 3.72. The second kappa shape index (κ2) is 6.42. The van der Waals surface area contributed by atoms with Gasteiger partial charge in [-0.25, -0.2) is 13.4 Å². The molecule has 5 rings (SSSR count). The number of carbonyl (C=O) groups excluding carboxylic acids is 1. The van der Waals surface area contributed by atoms with E-state index in [4.69, 9.17) is 0 Å². The Labute approximate surface area is 182 Å². The number of piperidine rings is 1. The molecule has 2 aromatic carbocycles. The van der Waals surface area contributed by atoms with Gasteiger partial charge in [0.05, 0.1) is 22.3 Å². The molecule has 1 N–H and O–H groups in total. The Morgan fingerprint density at radius 2 is 1.94 bits per heavy atom. The quantitative estimate of drug-likeness (QED) is 0.662. The number of benzene rings is 2. The molecular formula is C24H27N3O3S. The van der Waals surface area contributed by atoms with E-state index in [1.165, 1.54) is 6.26 Å². The van der Waals surface area contributed by atoms with E-state index in [1.54, 1.807) is 12.4 Å². The lowest BCUT2D eigenvalue weighted by Gasteiger charge is -2.60. The van der Waals surface area contributed by atoms with Gasteiger partial charge in [0.1, 0.15) is 0 Å². The third-order valence-electron chi connectivity index (χ3n) is 7.93. The molecule has 0 radical (unpaired) electrons. The molecule has 1 aliphatic heterocycles. The molecule has 2 bridgehead atoms. The minimum Gasteiger partial charge on any atom is -0.345 e. The van der Waals surface area contributed by atoms with Crippen molar-refractivity contribution in [2.45, 2.75) is 50.0 Å². The largest absolute Gasteiger partial charge is 0.345 e. The van der Waals surface area contributed by atoms with Gasteiger partial charge in [-0.2, -0.15) is 0 Å². The molecule has 0 spiro atoms. The third-order valence-corrected chi connectivity index (χ3v) is 9.04. The second-order valence-electron chi connectivity index (χ2n) is 9.75. The molecule has 3 aromatic rings. The van der Waals surface area contributed by atoms with E-state index >= 15 is 0 Å². The Hall–Kier alpha value is -2.67. The molecule has 162 valence electrons. The number of amides is 1. The van der Waals surface area contributed by atoms with Crippen LogP contribution in [0.3, 0.4) is 0 Å². The number of imidazole rings is 1. The maximum Gasteiger partial charge on any atom is 0.254 e. The van der Waals surface area contributed by atoms with Crippen molar-refractivity contribution >= 4 is 26.8 Å². The Balaban J connectivity index is 1.57. The van der Waals surface area contributed by atoms with Crippen LogP contribution in [0.1, 0.15) is 48.7 Å². The van der Waals surface area contributed by atoms with Gasteiger partial charge in [-0.3, -0.25) is 4.79 Å². The van der Waals surface area contributed by atoms with Gasteiger partial charge in [0.2, 0.25) is 0 Å². The fraction of sp³-hybridized carbons (Fsp3) is 0.417. The molecule has 1 aliphatic carbocycles. The second-order valence-corrected chi connectivity index (χ2v) is 11.8. The number of hydrogen-bond donors (Lipinski definition) is 1. The molecule has 1 amide bonds. The Morgan fingerprint density at radius 3 is 2.68 bits per heavy atom. The van der Waals surface area contributed by atoms with Gasteiger partial charge >= 0.3 is 0 Å². The van der Waals surface area contributed by atoms with Crippen LogP contribution in [0, 0.1) is 5.41 Å². The zero-order valence-corrected chi connectivity index (χ0v) is 19.1. The molecule has 1 saturated heterocycles. The lowest BCUT2D eigenvalue weighted by Crippen LogP contribution is -2.64. The van der Waals surface area contributed by atoms with Crippen LogP contribution in [0.5, 0.6) is 0 Å². The Kier molecular flexibility index (Phi) is 4.19. The number of fused-ring (bicyclic) bond motifs is 5. The van der Waals surface area contributed by atoms with Crippen molar-refractivity contribution in [1.82, 2.24) is 14.9 Å². The molecule has 0 saturated carbocycles. The van der Waals surface area contributed by atoms with E-state index in [0.717, 1.165) is 35.0 Å². The van der Waals surface area contributed by atoms with Crippen LogP contribution in [-0.2, 0) is 21.7 Å². The highest BCUT2D eigenvalue weighted by atomic mass is 32.2. The summed E-state index contributed by atoms with van der Waals surface area (Å²) in [7, 11) is -3.27. The molecule has 6 nitrogen and oxygen atoms in total. The lowest BCUT2D eigenvalue weighted by molar-refractivity contribution is -0.0263. The molecule has 1 aromatic heterocycles. The van der Waals surface area contributed by atoms with Crippen molar-refractivity contribution in [3.63, 3.8) is 0 Å². The van der Waals surface area contributed by atoms with Crippen molar-refractivity contribution in [2.75, 3.05) is 12.8 Å². The number of aromatic nitrogens is 2. The monoisotopic (exact) mass is 437 g/mol. The Bertz CT molecular complexity index is 1320. The fourth-order valence-electron chi connectivity index (χ4n) is 5.59. The minimum atomic E-state index is -3.27. The van der Waals surface area contributed by atoms with Crippen LogP contribution < -0.4 is 0 Å². The van der Waals surface area contributed by atoms with Gasteiger partial charge < -0.3 is 9.88 Å². The van der Waals surface area contributed by atoms with Crippen molar-refractivity contribution in [3.05, 3.63) is 59.4 Å². The average Bonchev–Trinajstić information content (AvgIpc) is 3.17. The summed E-state index contributed by atoms with van der Waals surface area (Å²) in [5, 5.41) is 0. The third kappa shape index (κ3) is 2.86. The molecular weight excluding hydrogens is 410 g/mol. The van der Waals surface area contributed by atoms with Crippen molar-refractivity contribution in [2.24, 2.45) is 5.41 Å². The topological polar surface area (TPSA) is 83.1 Å². The number of sulfone groups is 1. The van der Waals surface area contributed by atoms with Gasteiger partial charge in [0.15, 0.2) is 9.84 Å². The standard InChI is InChI=1S/C24H27N3O3S/c1-23(2)21-12-15-5-7-17(31(4,29)30)13-18(15)24(23,3)9-10-27(21)22(28)16-6-8-19-20(11-16)26-14-25-19/h5-8,11,13-14,21H,9-10,12H2,1-4H3,(H,25,26)/t21?,24-/m0/s1. The van der Waals surface area contributed by atoms with Crippen molar-refractivity contribution in [3.8, 4) is 0 Å². The summed E-state index contributed by atoms with van der Waals surface area (Å²) in [4.78, 5) is 23.3. The van der Waals surface area contributed by atoms with Crippen LogP contribution in [0.4, 0.5) is 0 Å². The number of aromatic amines is 1. The summed E-state index contributed by atoms with van der Waals surface area (Å²) in [6, 6.07) is 11.1. The van der Waals surface area contributed by atoms with Gasteiger partial charge in [-0.05, 0) is 59.7 Å². The minimum absolute atomic E-state index is 0.0350. The first-order valence-electron chi connectivity index (χ1n) is 10.6. The van der Waals surface area contributed by atoms with Crippen LogP contribution in [0.25, 0.3) is 11.0 Å². The number of likely N-dealkylation sites (tertiary alicyclic amines) is 1. The maximum absolute atomic E-state index is 13.6. The van der Waals surface area contributed by atoms with Crippen LogP contribution >= 0.6 is 0 Å². The van der Waals surface area contributed by atoms with E-state index in [2.05, 4.69) is 30.7 Å². The average molecular weight is 438 g/mol. The summed E-state index contributed by atoms with van der Waals surface area (Å²) in [5.74, 6) is 0.0350. The number of rotatable bonds is 2.